The smallest absolute Gasteiger partial charge is 0.311 e. The molecule has 0 saturated heterocycles. The lowest BCUT2D eigenvalue weighted by Gasteiger charge is -2.26. The molecule has 0 aliphatic heterocycles. The molecule has 6 heteroatoms. The first-order chi connectivity index (χ1) is 10.8. The first-order valence-electron chi connectivity index (χ1n) is 7.60. The van der Waals surface area contributed by atoms with Crippen molar-refractivity contribution in [2.24, 2.45) is 5.41 Å². The van der Waals surface area contributed by atoms with E-state index >= 15 is 0 Å². The van der Waals surface area contributed by atoms with Crippen molar-refractivity contribution < 1.29 is 19.5 Å². The van der Waals surface area contributed by atoms with Gasteiger partial charge in [-0.25, -0.2) is 0 Å². The fraction of sp³-hybridized carbons (Fsp3) is 0.471. The highest BCUT2D eigenvalue weighted by atomic mass is 16.4. The van der Waals surface area contributed by atoms with Crippen LogP contribution in [0.25, 0.3) is 0 Å². The number of aliphatic carboxylic acids is 1. The second-order valence-corrected chi connectivity index (χ2v) is 5.75. The largest absolute Gasteiger partial charge is 0.481 e. The molecular formula is C17H24N2O4. The number of carboxylic acids is 1. The monoisotopic (exact) mass is 320 g/mol. The summed E-state index contributed by atoms with van der Waals surface area (Å²) < 4.78 is 0. The van der Waals surface area contributed by atoms with Gasteiger partial charge >= 0.3 is 5.97 Å². The van der Waals surface area contributed by atoms with Crippen molar-refractivity contribution >= 4 is 17.8 Å². The van der Waals surface area contributed by atoms with Gasteiger partial charge in [0.1, 0.15) is 0 Å². The second-order valence-electron chi connectivity index (χ2n) is 5.75. The van der Waals surface area contributed by atoms with Gasteiger partial charge in [0.25, 0.3) is 11.8 Å². The molecule has 2 N–H and O–H groups in total. The molecule has 1 aromatic rings. The number of rotatable bonds is 7. The predicted octanol–water partition coefficient (Wildman–Crippen LogP) is 2.01. The topological polar surface area (TPSA) is 86.7 Å². The van der Waals surface area contributed by atoms with E-state index in [0.29, 0.717) is 24.0 Å². The molecule has 126 valence electrons. The lowest BCUT2D eigenvalue weighted by molar-refractivity contribution is -0.149. The predicted molar refractivity (Wildman–Crippen MR) is 87.4 cm³/mol. The summed E-state index contributed by atoms with van der Waals surface area (Å²) in [6.07, 6.45) is 0.880. The summed E-state index contributed by atoms with van der Waals surface area (Å²) in [6.45, 7) is 3.67. The van der Waals surface area contributed by atoms with Crippen molar-refractivity contribution in [3.05, 3.63) is 35.4 Å². The van der Waals surface area contributed by atoms with Crippen LogP contribution >= 0.6 is 0 Å². The van der Waals surface area contributed by atoms with Crippen molar-refractivity contribution in [1.29, 1.82) is 0 Å². The standard InChI is InChI=1S/C17H24N2O4/c1-5-17(6-2,16(22)23)11-18-14(20)12-7-9-13(10-8-12)15(21)19(3)4/h7-10H,5-6,11H2,1-4H3,(H,18,20)(H,22,23). The van der Waals surface area contributed by atoms with Crippen LogP contribution in [0.5, 0.6) is 0 Å². The Morgan fingerprint density at radius 3 is 1.91 bits per heavy atom. The van der Waals surface area contributed by atoms with Gasteiger partial charge in [-0.1, -0.05) is 13.8 Å². The third-order valence-electron chi connectivity index (χ3n) is 4.19. The van der Waals surface area contributed by atoms with Crippen LogP contribution in [0.15, 0.2) is 24.3 Å². The van der Waals surface area contributed by atoms with Crippen LogP contribution in [0.3, 0.4) is 0 Å². The van der Waals surface area contributed by atoms with Crippen molar-refractivity contribution in [2.45, 2.75) is 26.7 Å². The van der Waals surface area contributed by atoms with Gasteiger partial charge in [-0.15, -0.1) is 0 Å². The average molecular weight is 320 g/mol. The normalized spacial score (nSPS) is 11.0. The number of carboxylic acid groups (broad SMARTS) is 1. The quantitative estimate of drug-likeness (QED) is 0.804. The van der Waals surface area contributed by atoms with Crippen LogP contribution in [0.1, 0.15) is 47.4 Å². The molecule has 0 aliphatic carbocycles. The Morgan fingerprint density at radius 2 is 1.52 bits per heavy atom. The van der Waals surface area contributed by atoms with Gasteiger partial charge in [0.2, 0.25) is 0 Å². The summed E-state index contributed by atoms with van der Waals surface area (Å²) in [6, 6.07) is 6.29. The Hall–Kier alpha value is -2.37. The maximum Gasteiger partial charge on any atom is 0.311 e. The van der Waals surface area contributed by atoms with Gasteiger partial charge in [0.15, 0.2) is 0 Å². The third-order valence-corrected chi connectivity index (χ3v) is 4.19. The maximum atomic E-state index is 12.2. The minimum Gasteiger partial charge on any atom is -0.481 e. The molecule has 0 saturated carbocycles. The number of carbonyl (C=O) groups is 3. The minimum atomic E-state index is -0.948. The summed E-state index contributed by atoms with van der Waals surface area (Å²) in [4.78, 5) is 36.8. The van der Waals surface area contributed by atoms with Crippen LogP contribution < -0.4 is 5.32 Å². The molecule has 0 bridgehead atoms. The highest BCUT2D eigenvalue weighted by Crippen LogP contribution is 2.25. The van der Waals surface area contributed by atoms with Gasteiger partial charge in [0, 0.05) is 31.8 Å². The van der Waals surface area contributed by atoms with Gasteiger partial charge in [-0.2, -0.15) is 0 Å². The van der Waals surface area contributed by atoms with Crippen LogP contribution in [-0.4, -0.2) is 48.4 Å². The molecule has 0 spiro atoms. The highest BCUT2D eigenvalue weighted by Gasteiger charge is 2.35. The molecule has 1 rings (SSSR count). The van der Waals surface area contributed by atoms with Crippen molar-refractivity contribution in [3.63, 3.8) is 0 Å². The van der Waals surface area contributed by atoms with Crippen LogP contribution in [0.2, 0.25) is 0 Å². The van der Waals surface area contributed by atoms with Crippen molar-refractivity contribution in [2.75, 3.05) is 20.6 Å². The van der Waals surface area contributed by atoms with Gasteiger partial charge in [-0.3, -0.25) is 14.4 Å². The van der Waals surface area contributed by atoms with Crippen LogP contribution in [0.4, 0.5) is 0 Å². The van der Waals surface area contributed by atoms with E-state index in [1.807, 2.05) is 0 Å². The highest BCUT2D eigenvalue weighted by molar-refractivity contribution is 5.97. The zero-order chi connectivity index (χ0) is 17.6. The molecule has 2 amide bonds. The molecule has 0 radical (unpaired) electrons. The molecule has 0 fully saturated rings. The van der Waals surface area contributed by atoms with Crippen LogP contribution in [0, 0.1) is 5.41 Å². The SMILES string of the molecule is CCC(CC)(CNC(=O)c1ccc(C(=O)N(C)C)cc1)C(=O)O. The molecule has 0 atom stereocenters. The average Bonchev–Trinajstić information content (AvgIpc) is 2.55. The van der Waals surface area contributed by atoms with E-state index in [1.165, 1.54) is 4.90 Å². The molecule has 6 nitrogen and oxygen atoms in total. The summed E-state index contributed by atoms with van der Waals surface area (Å²) in [5.74, 6) is -1.39. The number of benzene rings is 1. The molecule has 1 aromatic carbocycles. The molecule has 0 aliphatic rings. The fourth-order valence-electron chi connectivity index (χ4n) is 2.25. The van der Waals surface area contributed by atoms with Crippen molar-refractivity contribution in [1.82, 2.24) is 10.2 Å². The maximum absolute atomic E-state index is 12.2. The van der Waals surface area contributed by atoms with Gasteiger partial charge in [0.05, 0.1) is 5.41 Å². The Labute approximate surface area is 136 Å². The molecule has 23 heavy (non-hydrogen) atoms. The Morgan fingerprint density at radius 1 is 1.04 bits per heavy atom. The lowest BCUT2D eigenvalue weighted by Crippen LogP contribution is -2.42. The molecule has 0 unspecified atom stereocenters. The van der Waals surface area contributed by atoms with E-state index in [9.17, 15) is 19.5 Å². The van der Waals surface area contributed by atoms with E-state index in [-0.39, 0.29) is 18.4 Å². The lowest BCUT2D eigenvalue weighted by atomic mass is 9.82. The molecule has 0 heterocycles. The number of amides is 2. The number of carbonyl (C=O) groups excluding carboxylic acids is 2. The molecule has 0 aromatic heterocycles. The summed E-state index contributed by atoms with van der Waals surface area (Å²) in [7, 11) is 3.31. The first kappa shape index (κ1) is 18.7. The zero-order valence-corrected chi connectivity index (χ0v) is 14.0. The number of hydrogen-bond donors (Lipinski definition) is 2. The zero-order valence-electron chi connectivity index (χ0n) is 14.0. The van der Waals surface area contributed by atoms with Gasteiger partial charge < -0.3 is 15.3 Å². The Balaban J connectivity index is 2.79. The third kappa shape index (κ3) is 4.31. The Kier molecular flexibility index (Phi) is 6.30. The minimum absolute atomic E-state index is 0.0759. The number of nitrogens with one attached hydrogen (secondary N) is 1. The fourth-order valence-corrected chi connectivity index (χ4v) is 2.25. The summed E-state index contributed by atoms with van der Waals surface area (Å²) >= 11 is 0. The van der Waals surface area contributed by atoms with E-state index in [4.69, 9.17) is 0 Å². The van der Waals surface area contributed by atoms with E-state index in [1.54, 1.807) is 52.2 Å². The van der Waals surface area contributed by atoms with E-state index in [0.717, 1.165) is 0 Å². The van der Waals surface area contributed by atoms with Crippen LogP contribution in [-0.2, 0) is 4.79 Å². The Bertz CT molecular complexity index is 575. The van der Waals surface area contributed by atoms with Gasteiger partial charge in [-0.05, 0) is 37.1 Å². The second kappa shape index (κ2) is 7.76. The van der Waals surface area contributed by atoms with E-state index < -0.39 is 11.4 Å². The number of nitrogens with zero attached hydrogens (tertiary/aromatic N) is 1. The van der Waals surface area contributed by atoms with Crippen molar-refractivity contribution in [3.8, 4) is 0 Å². The number of hydrogen-bond acceptors (Lipinski definition) is 3. The first-order valence-corrected chi connectivity index (χ1v) is 7.60. The summed E-state index contributed by atoms with van der Waals surface area (Å²) in [5.41, 5.74) is -0.0587. The molecular weight excluding hydrogens is 296 g/mol. The summed E-state index contributed by atoms with van der Waals surface area (Å²) in [5, 5.41) is 12.0. The van der Waals surface area contributed by atoms with E-state index in [2.05, 4.69) is 5.32 Å².